The quantitative estimate of drug-likeness (QED) is 0.297. The van der Waals surface area contributed by atoms with Gasteiger partial charge < -0.3 is 6.53 Å². The zero-order valence-corrected chi connectivity index (χ0v) is 16.0. The fourth-order valence-electron chi connectivity index (χ4n) is 2.12. The van der Waals surface area contributed by atoms with Crippen LogP contribution in [0.1, 0.15) is 79.0 Å². The average molecular weight is 318 g/mol. The van der Waals surface area contributed by atoms with Crippen molar-refractivity contribution in [2.45, 2.75) is 83.7 Å². The van der Waals surface area contributed by atoms with Crippen molar-refractivity contribution in [3.05, 3.63) is 0 Å². The van der Waals surface area contributed by atoms with Gasteiger partial charge in [-0.15, -0.1) is 0 Å². The van der Waals surface area contributed by atoms with Crippen molar-refractivity contribution in [3.63, 3.8) is 0 Å². The molecule has 0 bridgehead atoms. The van der Waals surface area contributed by atoms with Crippen LogP contribution in [0.4, 0.5) is 0 Å². The maximum atomic E-state index is 10.5. The largest absolute Gasteiger partial charge is 1.00 e. The molecule has 0 aliphatic rings. The Balaban J connectivity index is -0.00000162. The second kappa shape index (κ2) is 14.8. The van der Waals surface area contributed by atoms with E-state index in [0.29, 0.717) is 6.42 Å². The Hall–Kier alpha value is 0.870. The van der Waals surface area contributed by atoms with Crippen molar-refractivity contribution in [1.82, 2.24) is 0 Å². The van der Waals surface area contributed by atoms with E-state index in [1.165, 1.54) is 44.9 Å². The first kappa shape index (κ1) is 23.1. The normalized spacial score (nSPS) is 12.9. The molecule has 0 aromatic heterocycles. The predicted octanol–water partition coefficient (Wildman–Crippen LogP) is 0.663. The van der Waals surface area contributed by atoms with Crippen LogP contribution in [0.15, 0.2) is 0 Å². The molecular formula is C14H31NaO4S. The van der Waals surface area contributed by atoms with Crippen molar-refractivity contribution in [3.8, 4) is 0 Å². The van der Waals surface area contributed by atoms with E-state index in [1.54, 1.807) is 0 Å². The maximum Gasteiger partial charge on any atom is 1.00 e. The van der Waals surface area contributed by atoms with Crippen LogP contribution in [-0.4, -0.2) is 29.9 Å². The molecular weight excluding hydrogens is 287 g/mol. The van der Waals surface area contributed by atoms with Crippen LogP contribution in [0.2, 0.25) is 0 Å². The monoisotopic (exact) mass is 318 g/mol. The van der Waals surface area contributed by atoms with Crippen molar-refractivity contribution in [1.29, 1.82) is 0 Å². The van der Waals surface area contributed by atoms with Crippen LogP contribution in [-0.2, 0) is 10.1 Å². The van der Waals surface area contributed by atoms with Gasteiger partial charge in [-0.1, -0.05) is 64.7 Å². The number of hydrogen-bond donors (Lipinski definition) is 2. The standard InChI is InChI=1S/C14H30O4S.Na.H/c1-2-3-4-5-6-7-8-9-10-11-14(15)12-13-19(16,17)18;;/h14-15H,2-13H2,1H3,(H,16,17,18);;/q;+1;-1. The molecule has 2 N–H and O–H groups in total. The Labute approximate surface area is 148 Å². The molecule has 0 saturated carbocycles. The van der Waals surface area contributed by atoms with Gasteiger partial charge in [0.1, 0.15) is 0 Å². The number of unbranched alkanes of at least 4 members (excludes halogenated alkanes) is 8. The molecule has 0 aromatic rings. The third-order valence-electron chi connectivity index (χ3n) is 3.35. The second-order valence-electron chi connectivity index (χ2n) is 5.35. The summed E-state index contributed by atoms with van der Waals surface area (Å²) in [6.45, 7) is 2.22. The smallest absolute Gasteiger partial charge is 1.00 e. The van der Waals surface area contributed by atoms with Gasteiger partial charge in [0.25, 0.3) is 10.1 Å². The minimum absolute atomic E-state index is 0. The molecule has 6 heteroatoms. The summed E-state index contributed by atoms with van der Waals surface area (Å²) in [7, 11) is -3.93. The minimum Gasteiger partial charge on any atom is -1.00 e. The summed E-state index contributed by atoms with van der Waals surface area (Å²) >= 11 is 0. The number of hydrogen-bond acceptors (Lipinski definition) is 3. The summed E-state index contributed by atoms with van der Waals surface area (Å²) in [4.78, 5) is 0. The summed E-state index contributed by atoms with van der Waals surface area (Å²) in [5.41, 5.74) is 0. The van der Waals surface area contributed by atoms with Gasteiger partial charge in [-0.25, -0.2) is 0 Å². The molecule has 0 rings (SSSR count). The van der Waals surface area contributed by atoms with Crippen molar-refractivity contribution in [2.75, 3.05) is 5.75 Å². The van der Waals surface area contributed by atoms with E-state index in [0.717, 1.165) is 12.8 Å². The van der Waals surface area contributed by atoms with Crippen LogP contribution < -0.4 is 29.6 Å². The molecule has 0 aromatic carbocycles. The molecule has 0 heterocycles. The SMILES string of the molecule is CCCCCCCCCCCC(O)CCS(=O)(=O)O.[H-].[Na+]. The average Bonchev–Trinajstić information content (AvgIpc) is 2.33. The van der Waals surface area contributed by atoms with E-state index in [1.807, 2.05) is 0 Å². The fourth-order valence-corrected chi connectivity index (χ4v) is 2.69. The van der Waals surface area contributed by atoms with Gasteiger partial charge in [-0.3, -0.25) is 4.55 Å². The third kappa shape index (κ3) is 18.9. The summed E-state index contributed by atoms with van der Waals surface area (Å²) in [6.07, 6.45) is 11.2. The fraction of sp³-hybridized carbons (Fsp3) is 1.00. The van der Waals surface area contributed by atoms with Gasteiger partial charge in [0.05, 0.1) is 11.9 Å². The van der Waals surface area contributed by atoms with E-state index in [2.05, 4.69) is 6.92 Å². The zero-order chi connectivity index (χ0) is 14.6. The first-order valence-electron chi connectivity index (χ1n) is 7.59. The van der Waals surface area contributed by atoms with Crippen molar-refractivity contribution in [2.24, 2.45) is 0 Å². The summed E-state index contributed by atoms with van der Waals surface area (Å²) in [5.74, 6) is -0.342. The van der Waals surface area contributed by atoms with Crippen LogP contribution in [0.25, 0.3) is 0 Å². The Kier molecular flexibility index (Phi) is 17.1. The first-order valence-corrected chi connectivity index (χ1v) is 9.20. The third-order valence-corrected chi connectivity index (χ3v) is 4.10. The molecule has 4 nitrogen and oxygen atoms in total. The topological polar surface area (TPSA) is 74.6 Å². The van der Waals surface area contributed by atoms with Gasteiger partial charge in [0, 0.05) is 0 Å². The Morgan fingerprint density at radius 2 is 1.35 bits per heavy atom. The molecule has 118 valence electrons. The Morgan fingerprint density at radius 3 is 1.80 bits per heavy atom. The summed E-state index contributed by atoms with van der Waals surface area (Å²) in [5, 5.41) is 9.54. The van der Waals surface area contributed by atoms with Crippen LogP contribution in [0.3, 0.4) is 0 Å². The molecule has 0 amide bonds. The molecule has 0 aliphatic carbocycles. The van der Waals surface area contributed by atoms with Crippen molar-refractivity contribution >= 4 is 10.1 Å². The minimum atomic E-state index is -3.93. The van der Waals surface area contributed by atoms with Gasteiger partial charge in [-0.05, 0) is 12.8 Å². The van der Waals surface area contributed by atoms with Crippen LogP contribution in [0.5, 0.6) is 0 Å². The molecule has 0 radical (unpaired) electrons. The second-order valence-corrected chi connectivity index (χ2v) is 6.92. The van der Waals surface area contributed by atoms with Gasteiger partial charge in [-0.2, -0.15) is 8.42 Å². The molecule has 0 fully saturated rings. The predicted molar refractivity (Wildman–Crippen MR) is 80.0 cm³/mol. The summed E-state index contributed by atoms with van der Waals surface area (Å²) < 4.78 is 29.6. The number of aliphatic hydroxyl groups excluding tert-OH is 1. The van der Waals surface area contributed by atoms with Gasteiger partial charge >= 0.3 is 29.6 Å². The van der Waals surface area contributed by atoms with Crippen molar-refractivity contribution < 1.29 is 49.1 Å². The summed E-state index contributed by atoms with van der Waals surface area (Å²) in [6, 6.07) is 0. The zero-order valence-electron chi connectivity index (χ0n) is 14.2. The molecule has 0 spiro atoms. The van der Waals surface area contributed by atoms with E-state index < -0.39 is 16.2 Å². The molecule has 20 heavy (non-hydrogen) atoms. The van der Waals surface area contributed by atoms with Gasteiger partial charge in [0.2, 0.25) is 0 Å². The molecule has 1 atom stereocenters. The van der Waals surface area contributed by atoms with Crippen LogP contribution >= 0.6 is 0 Å². The number of aliphatic hydroxyl groups is 1. The van der Waals surface area contributed by atoms with Crippen LogP contribution in [0, 0.1) is 0 Å². The van der Waals surface area contributed by atoms with E-state index in [9.17, 15) is 13.5 Å². The maximum absolute atomic E-state index is 10.5. The Morgan fingerprint density at radius 1 is 0.900 bits per heavy atom. The van der Waals surface area contributed by atoms with E-state index in [4.69, 9.17) is 4.55 Å². The Bertz CT molecular complexity index is 299. The molecule has 1 unspecified atom stereocenters. The number of rotatable bonds is 13. The van der Waals surface area contributed by atoms with E-state index in [-0.39, 0.29) is 43.2 Å². The molecule has 0 aliphatic heterocycles. The molecule has 0 saturated heterocycles. The first-order chi connectivity index (χ1) is 8.95. The van der Waals surface area contributed by atoms with Gasteiger partial charge in [0.15, 0.2) is 0 Å². The van der Waals surface area contributed by atoms with E-state index >= 15 is 0 Å².